The molecule has 2 aromatic rings. The molecule has 3 heterocycles. The third-order valence-electron chi connectivity index (χ3n) is 3.60. The third-order valence-corrected chi connectivity index (χ3v) is 4.24. The number of fused-ring (bicyclic) bond motifs is 1. The zero-order chi connectivity index (χ0) is 15.5. The van der Waals surface area contributed by atoms with E-state index in [1.165, 1.54) is 18.1 Å². The molecule has 1 fully saturated rings. The maximum absolute atomic E-state index is 11.4. The summed E-state index contributed by atoms with van der Waals surface area (Å²) in [6.45, 7) is 2.21. The fourth-order valence-corrected chi connectivity index (χ4v) is 2.97. The lowest BCUT2D eigenvalue weighted by molar-refractivity contribution is 0.00641. The third kappa shape index (κ3) is 3.02. The van der Waals surface area contributed by atoms with E-state index < -0.39 is 0 Å². The Kier molecular flexibility index (Phi) is 4.49. The van der Waals surface area contributed by atoms with Crippen LogP contribution >= 0.6 is 11.8 Å². The maximum Gasteiger partial charge on any atom is 0.367 e. The van der Waals surface area contributed by atoms with Crippen molar-refractivity contribution >= 4 is 28.4 Å². The fraction of sp³-hybridized carbons (Fsp3) is 0.500. The second kappa shape index (κ2) is 6.53. The van der Waals surface area contributed by atoms with Crippen LogP contribution in [0.5, 0.6) is 0 Å². The molecule has 7 nitrogen and oxygen atoms in total. The molecule has 0 amide bonds. The Balaban J connectivity index is 1.64. The van der Waals surface area contributed by atoms with Gasteiger partial charge >= 0.3 is 5.30 Å². The molecular formula is C14H18N4O3S. The van der Waals surface area contributed by atoms with Crippen LogP contribution in [0.15, 0.2) is 18.5 Å². The summed E-state index contributed by atoms with van der Waals surface area (Å²) in [5, 5.41) is 3.98. The van der Waals surface area contributed by atoms with Gasteiger partial charge in [-0.15, -0.1) is 0 Å². The molecule has 0 bridgehead atoms. The molecule has 0 saturated carbocycles. The van der Waals surface area contributed by atoms with Crippen molar-refractivity contribution in [2.24, 2.45) is 0 Å². The van der Waals surface area contributed by atoms with Gasteiger partial charge in [-0.3, -0.25) is 0 Å². The second-order valence-electron chi connectivity index (χ2n) is 5.02. The summed E-state index contributed by atoms with van der Waals surface area (Å²) >= 11 is 1.17. The van der Waals surface area contributed by atoms with Crippen molar-refractivity contribution in [3.8, 4) is 0 Å². The molecule has 2 unspecified atom stereocenters. The molecule has 22 heavy (non-hydrogen) atoms. The van der Waals surface area contributed by atoms with Gasteiger partial charge in [0.15, 0.2) is 5.82 Å². The van der Waals surface area contributed by atoms with Crippen molar-refractivity contribution in [1.82, 2.24) is 14.6 Å². The first kappa shape index (κ1) is 15.1. The molecule has 2 atom stereocenters. The summed E-state index contributed by atoms with van der Waals surface area (Å²) in [4.78, 5) is 15.3. The number of hydrogen-bond donors (Lipinski definition) is 1. The Morgan fingerprint density at radius 1 is 1.55 bits per heavy atom. The molecule has 0 aliphatic carbocycles. The minimum absolute atomic E-state index is 0.0701. The highest BCUT2D eigenvalue weighted by molar-refractivity contribution is 8.13. The van der Waals surface area contributed by atoms with Gasteiger partial charge < -0.3 is 15.2 Å². The van der Waals surface area contributed by atoms with Gasteiger partial charge in [-0.2, -0.15) is 5.10 Å². The second-order valence-corrected chi connectivity index (χ2v) is 6.22. The zero-order valence-electron chi connectivity index (χ0n) is 12.3. The summed E-state index contributed by atoms with van der Waals surface area (Å²) in [5.41, 5.74) is 7.55. The lowest BCUT2D eigenvalue weighted by Gasteiger charge is -2.13. The van der Waals surface area contributed by atoms with E-state index in [-0.39, 0.29) is 17.5 Å². The van der Waals surface area contributed by atoms with Crippen molar-refractivity contribution in [3.63, 3.8) is 0 Å². The van der Waals surface area contributed by atoms with E-state index in [0.29, 0.717) is 18.2 Å². The number of hydrogen-bond acceptors (Lipinski definition) is 7. The summed E-state index contributed by atoms with van der Waals surface area (Å²) in [6, 6.07) is 3.84. The van der Waals surface area contributed by atoms with Gasteiger partial charge in [0.25, 0.3) is 0 Å². The number of nitrogen functional groups attached to an aromatic ring is 1. The van der Waals surface area contributed by atoms with E-state index in [0.717, 1.165) is 24.1 Å². The lowest BCUT2D eigenvalue weighted by atomic mass is 10.1. The number of anilines is 1. The van der Waals surface area contributed by atoms with Gasteiger partial charge in [0, 0.05) is 5.75 Å². The first-order chi connectivity index (χ1) is 10.7. The summed E-state index contributed by atoms with van der Waals surface area (Å²) in [5.74, 6) is 1.16. The Morgan fingerprint density at radius 3 is 3.23 bits per heavy atom. The number of ether oxygens (including phenoxy) is 2. The van der Waals surface area contributed by atoms with Gasteiger partial charge in [0.1, 0.15) is 24.6 Å². The first-order valence-corrected chi connectivity index (χ1v) is 8.20. The number of rotatable bonds is 4. The van der Waals surface area contributed by atoms with Crippen molar-refractivity contribution in [3.05, 3.63) is 24.2 Å². The van der Waals surface area contributed by atoms with Gasteiger partial charge in [0.05, 0.1) is 11.8 Å². The van der Waals surface area contributed by atoms with E-state index in [1.54, 1.807) is 4.52 Å². The number of carbonyl (C=O) groups is 1. The highest BCUT2D eigenvalue weighted by atomic mass is 32.2. The molecule has 1 aliphatic rings. The van der Waals surface area contributed by atoms with E-state index in [1.807, 2.05) is 19.1 Å². The molecule has 2 aromatic heterocycles. The maximum atomic E-state index is 11.4. The van der Waals surface area contributed by atoms with E-state index >= 15 is 0 Å². The van der Waals surface area contributed by atoms with Crippen LogP contribution in [0.4, 0.5) is 10.6 Å². The van der Waals surface area contributed by atoms with Gasteiger partial charge in [0.2, 0.25) is 0 Å². The van der Waals surface area contributed by atoms with Crippen LogP contribution in [0.25, 0.3) is 5.52 Å². The van der Waals surface area contributed by atoms with Crippen molar-refractivity contribution < 1.29 is 14.3 Å². The van der Waals surface area contributed by atoms with Crippen LogP contribution in [0, 0.1) is 0 Å². The standard InChI is InChI=1S/C14H18N4O3S/c1-2-22-14(19)20-7-9-3-6-12(21-9)10-4-5-11-13(15)16-8-17-18(10)11/h4-5,8-9,12H,2-3,6-7H2,1H3,(H2,15,16,17). The van der Waals surface area contributed by atoms with Gasteiger partial charge in [-0.05, 0) is 36.7 Å². The average molecular weight is 322 g/mol. The van der Waals surface area contributed by atoms with E-state index in [9.17, 15) is 4.79 Å². The minimum Gasteiger partial charge on any atom is -0.455 e. The van der Waals surface area contributed by atoms with E-state index in [4.69, 9.17) is 15.2 Å². The average Bonchev–Trinajstić information content (AvgIpc) is 3.12. The molecule has 8 heteroatoms. The Morgan fingerprint density at radius 2 is 2.41 bits per heavy atom. The number of nitrogens with zero attached hydrogens (tertiary/aromatic N) is 3. The molecule has 118 valence electrons. The van der Waals surface area contributed by atoms with Crippen molar-refractivity contribution in [1.29, 1.82) is 0 Å². The molecule has 0 aromatic carbocycles. The normalized spacial score (nSPS) is 21.3. The topological polar surface area (TPSA) is 91.7 Å². The van der Waals surface area contributed by atoms with Gasteiger partial charge in [-0.1, -0.05) is 6.92 Å². The summed E-state index contributed by atoms with van der Waals surface area (Å²) < 4.78 is 12.9. The van der Waals surface area contributed by atoms with Crippen molar-refractivity contribution in [2.45, 2.75) is 32.0 Å². The molecule has 3 rings (SSSR count). The number of carbonyl (C=O) groups excluding carboxylic acids is 1. The first-order valence-electron chi connectivity index (χ1n) is 7.22. The smallest absolute Gasteiger partial charge is 0.367 e. The molecule has 0 spiro atoms. The van der Waals surface area contributed by atoms with Crippen LogP contribution in [-0.4, -0.2) is 38.4 Å². The fourth-order valence-electron chi connectivity index (χ4n) is 2.58. The quantitative estimate of drug-likeness (QED) is 0.864. The Bertz CT molecular complexity index is 675. The van der Waals surface area contributed by atoms with Gasteiger partial charge in [-0.25, -0.2) is 14.3 Å². The molecule has 0 radical (unpaired) electrons. The number of thioether (sulfide) groups is 1. The molecular weight excluding hydrogens is 304 g/mol. The summed E-state index contributed by atoms with van der Waals surface area (Å²) in [6.07, 6.45) is 3.00. The van der Waals surface area contributed by atoms with Crippen LogP contribution in [0.2, 0.25) is 0 Å². The largest absolute Gasteiger partial charge is 0.455 e. The summed E-state index contributed by atoms with van der Waals surface area (Å²) in [7, 11) is 0. The van der Waals surface area contributed by atoms with E-state index in [2.05, 4.69) is 10.1 Å². The Labute approximate surface area is 132 Å². The van der Waals surface area contributed by atoms with Crippen molar-refractivity contribution in [2.75, 3.05) is 18.1 Å². The van der Waals surface area contributed by atoms with Crippen LogP contribution in [0.1, 0.15) is 31.6 Å². The highest BCUT2D eigenvalue weighted by Crippen LogP contribution is 2.34. The number of nitrogens with two attached hydrogens (primary N) is 1. The van der Waals surface area contributed by atoms with Crippen LogP contribution < -0.4 is 5.73 Å². The predicted molar refractivity (Wildman–Crippen MR) is 83.7 cm³/mol. The zero-order valence-corrected chi connectivity index (χ0v) is 13.1. The Hall–Kier alpha value is -1.80. The highest BCUT2D eigenvalue weighted by Gasteiger charge is 2.29. The minimum atomic E-state index is -0.247. The molecule has 1 aliphatic heterocycles. The lowest BCUT2D eigenvalue weighted by Crippen LogP contribution is -2.17. The monoisotopic (exact) mass is 322 g/mol. The molecule has 1 saturated heterocycles. The van der Waals surface area contributed by atoms with Crippen LogP contribution in [-0.2, 0) is 9.47 Å². The predicted octanol–water partition coefficient (Wildman–Crippen LogP) is 2.42. The SMILES string of the molecule is CCSC(=O)OCC1CCC(c2ccc3c(N)ncnn23)O1. The van der Waals surface area contributed by atoms with Crippen LogP contribution in [0.3, 0.4) is 0 Å². The number of aromatic nitrogens is 3. The molecule has 2 N–H and O–H groups in total.